The summed E-state index contributed by atoms with van der Waals surface area (Å²) in [6.07, 6.45) is 3.14. The van der Waals surface area contributed by atoms with Crippen LogP contribution in [0.4, 0.5) is 5.82 Å². The lowest BCUT2D eigenvalue weighted by Crippen LogP contribution is -2.30. The lowest BCUT2D eigenvalue weighted by Gasteiger charge is -2.25. The summed E-state index contributed by atoms with van der Waals surface area (Å²) >= 11 is 0. The van der Waals surface area contributed by atoms with Gasteiger partial charge in [0, 0.05) is 5.69 Å². The van der Waals surface area contributed by atoms with Crippen LogP contribution in [-0.2, 0) is 0 Å². The predicted octanol–water partition coefficient (Wildman–Crippen LogP) is 5.82. The number of aryl methyl sites for hydroxylation is 1. The largest absolute Gasteiger partial charge is 0.493 e. The molecule has 0 spiro atoms. The van der Waals surface area contributed by atoms with Crippen molar-refractivity contribution in [2.75, 3.05) is 18.6 Å². The smallest absolute Gasteiger partial charge is 0.296 e. The summed E-state index contributed by atoms with van der Waals surface area (Å²) in [5.41, 5.74) is 1.89. The van der Waals surface area contributed by atoms with Crippen molar-refractivity contribution in [1.82, 2.24) is 4.98 Å². The molecule has 1 aliphatic rings. The van der Waals surface area contributed by atoms with E-state index in [0.29, 0.717) is 46.0 Å². The number of carbonyl (C=O) groups is 1. The number of nitrogens with zero attached hydrogens (tertiary/aromatic N) is 2. The van der Waals surface area contributed by atoms with Crippen molar-refractivity contribution in [1.29, 1.82) is 0 Å². The average Bonchev–Trinajstić information content (AvgIpc) is 3.19. The molecule has 2 aromatic carbocycles. The monoisotopic (exact) mass is 484 g/mol. The molecule has 184 valence electrons. The van der Waals surface area contributed by atoms with Crippen molar-refractivity contribution < 1.29 is 18.7 Å². The first kappa shape index (κ1) is 23.6. The van der Waals surface area contributed by atoms with Crippen LogP contribution < -0.4 is 19.8 Å². The maximum absolute atomic E-state index is 13.7. The van der Waals surface area contributed by atoms with E-state index in [1.165, 1.54) is 4.90 Å². The molecule has 2 aromatic heterocycles. The van der Waals surface area contributed by atoms with E-state index in [4.69, 9.17) is 13.9 Å². The van der Waals surface area contributed by atoms with E-state index in [9.17, 15) is 9.59 Å². The maximum Gasteiger partial charge on any atom is 0.296 e. The number of benzene rings is 2. The van der Waals surface area contributed by atoms with Crippen molar-refractivity contribution >= 4 is 22.7 Å². The van der Waals surface area contributed by atoms with Crippen molar-refractivity contribution in [2.45, 2.75) is 39.2 Å². The molecule has 0 saturated carbocycles. The van der Waals surface area contributed by atoms with Gasteiger partial charge in [0.2, 0.25) is 5.76 Å². The third-order valence-electron chi connectivity index (χ3n) is 6.41. The summed E-state index contributed by atoms with van der Waals surface area (Å²) in [4.78, 5) is 33.5. The number of pyridine rings is 1. The minimum atomic E-state index is -0.731. The van der Waals surface area contributed by atoms with Gasteiger partial charge in [-0.1, -0.05) is 44.0 Å². The Hall–Kier alpha value is -4.13. The molecule has 0 aliphatic carbocycles. The molecule has 0 saturated heterocycles. The number of ether oxygens (including phenoxy) is 2. The average molecular weight is 485 g/mol. The number of unbranched alkanes of at least 4 members (excludes halogenated alkanes) is 2. The third kappa shape index (κ3) is 4.11. The molecule has 1 aliphatic heterocycles. The van der Waals surface area contributed by atoms with E-state index in [2.05, 4.69) is 11.9 Å². The first-order valence-electron chi connectivity index (χ1n) is 12.2. The Morgan fingerprint density at radius 1 is 1.00 bits per heavy atom. The highest BCUT2D eigenvalue weighted by Gasteiger charge is 2.44. The zero-order chi connectivity index (χ0) is 25.2. The molecular weight excluding hydrogens is 456 g/mol. The van der Waals surface area contributed by atoms with Crippen LogP contribution in [0.3, 0.4) is 0 Å². The first-order chi connectivity index (χ1) is 17.5. The number of aromatic nitrogens is 1. The first-order valence-corrected chi connectivity index (χ1v) is 12.2. The molecule has 0 N–H and O–H groups in total. The zero-order valence-electron chi connectivity index (χ0n) is 20.6. The molecule has 0 radical (unpaired) electrons. The lowest BCUT2D eigenvalue weighted by atomic mass is 9.98. The van der Waals surface area contributed by atoms with Gasteiger partial charge in [-0.3, -0.25) is 14.5 Å². The van der Waals surface area contributed by atoms with Crippen molar-refractivity contribution in [3.63, 3.8) is 0 Å². The number of amides is 1. The van der Waals surface area contributed by atoms with Gasteiger partial charge in [-0.25, -0.2) is 4.98 Å². The zero-order valence-corrected chi connectivity index (χ0v) is 20.6. The number of fused-ring (bicyclic) bond motifs is 2. The third-order valence-corrected chi connectivity index (χ3v) is 6.41. The Kier molecular flexibility index (Phi) is 6.46. The number of hydrogen-bond acceptors (Lipinski definition) is 6. The van der Waals surface area contributed by atoms with Crippen LogP contribution in [-0.4, -0.2) is 24.6 Å². The number of hydrogen-bond donors (Lipinski definition) is 0. The lowest BCUT2D eigenvalue weighted by molar-refractivity contribution is 0.0970. The van der Waals surface area contributed by atoms with E-state index in [0.717, 1.165) is 25.0 Å². The Labute approximate surface area is 209 Å². The van der Waals surface area contributed by atoms with Gasteiger partial charge in [0.05, 0.1) is 30.7 Å². The van der Waals surface area contributed by atoms with Crippen LogP contribution in [0.25, 0.3) is 11.0 Å². The van der Waals surface area contributed by atoms with Crippen LogP contribution in [0.2, 0.25) is 0 Å². The highest BCUT2D eigenvalue weighted by Crippen LogP contribution is 2.42. The Bertz CT molecular complexity index is 1490. The van der Waals surface area contributed by atoms with Crippen LogP contribution in [0.5, 0.6) is 11.5 Å². The van der Waals surface area contributed by atoms with Gasteiger partial charge in [-0.05, 0) is 55.3 Å². The molecule has 7 nitrogen and oxygen atoms in total. The SMILES string of the molecule is CCCCCOc1ccc([C@@H]2c3c(oc4ccccc4c3=O)C(=O)N2c2cccc(C)n2)cc1OC. The fraction of sp³-hybridized carbons (Fsp3) is 0.276. The van der Waals surface area contributed by atoms with E-state index >= 15 is 0 Å². The summed E-state index contributed by atoms with van der Waals surface area (Å²) < 4.78 is 17.6. The molecule has 0 fully saturated rings. The molecule has 4 aromatic rings. The molecular formula is C29H28N2O5. The van der Waals surface area contributed by atoms with Crippen molar-refractivity contribution in [3.05, 3.63) is 93.5 Å². The highest BCUT2D eigenvalue weighted by atomic mass is 16.5. The van der Waals surface area contributed by atoms with Gasteiger partial charge in [-0.15, -0.1) is 0 Å². The number of carbonyl (C=O) groups excluding carboxylic acids is 1. The minimum Gasteiger partial charge on any atom is -0.493 e. The van der Waals surface area contributed by atoms with Gasteiger partial charge >= 0.3 is 0 Å². The summed E-state index contributed by atoms with van der Waals surface area (Å²) in [5.74, 6) is 1.22. The number of anilines is 1. The van der Waals surface area contributed by atoms with Crippen LogP contribution in [0.1, 0.15) is 59.6 Å². The molecule has 0 bridgehead atoms. The van der Waals surface area contributed by atoms with Gasteiger partial charge in [0.15, 0.2) is 16.9 Å². The second kappa shape index (κ2) is 9.85. The molecule has 7 heteroatoms. The van der Waals surface area contributed by atoms with Crippen molar-refractivity contribution in [3.8, 4) is 11.5 Å². The van der Waals surface area contributed by atoms with Crippen molar-refractivity contribution in [2.24, 2.45) is 0 Å². The van der Waals surface area contributed by atoms with Crippen LogP contribution >= 0.6 is 0 Å². The van der Waals surface area contributed by atoms with Crippen LogP contribution in [0.15, 0.2) is 69.9 Å². The Morgan fingerprint density at radius 3 is 2.61 bits per heavy atom. The number of rotatable bonds is 8. The summed E-state index contributed by atoms with van der Waals surface area (Å²) in [6.45, 7) is 4.59. The van der Waals surface area contributed by atoms with E-state index < -0.39 is 11.9 Å². The molecule has 5 rings (SSSR count). The number of para-hydroxylation sites is 1. The second-order valence-corrected chi connectivity index (χ2v) is 8.85. The quantitative estimate of drug-likeness (QED) is 0.293. The standard InChI is InChI=1S/C29H28N2O5/c1-4-5-8-16-35-22-15-14-19(17-23(22)34-3)26-25-27(32)20-11-6-7-12-21(20)36-28(25)29(33)31(26)24-13-9-10-18(2)30-24/h6-7,9-15,17,26H,4-5,8,16H2,1-3H3/t26-/m1/s1. The normalized spacial score (nSPS) is 14.8. The highest BCUT2D eigenvalue weighted by molar-refractivity contribution is 6.10. The second-order valence-electron chi connectivity index (χ2n) is 8.85. The molecule has 0 unspecified atom stereocenters. The molecule has 1 atom stereocenters. The topological polar surface area (TPSA) is 81.9 Å². The molecule has 1 amide bonds. The van der Waals surface area contributed by atoms with Gasteiger partial charge in [0.1, 0.15) is 11.4 Å². The molecule has 3 heterocycles. The fourth-order valence-corrected chi connectivity index (χ4v) is 4.64. The van der Waals surface area contributed by atoms with Gasteiger partial charge in [0.25, 0.3) is 5.91 Å². The van der Waals surface area contributed by atoms with E-state index in [-0.39, 0.29) is 11.2 Å². The molecule has 36 heavy (non-hydrogen) atoms. The van der Waals surface area contributed by atoms with E-state index in [1.54, 1.807) is 37.4 Å². The minimum absolute atomic E-state index is 0.0332. The Balaban J connectivity index is 1.66. The summed E-state index contributed by atoms with van der Waals surface area (Å²) in [6, 6.07) is 17.2. The summed E-state index contributed by atoms with van der Waals surface area (Å²) in [7, 11) is 1.58. The number of methoxy groups -OCH3 is 1. The van der Waals surface area contributed by atoms with Gasteiger partial charge < -0.3 is 13.9 Å². The fourth-order valence-electron chi connectivity index (χ4n) is 4.64. The predicted molar refractivity (Wildman–Crippen MR) is 138 cm³/mol. The maximum atomic E-state index is 13.7. The van der Waals surface area contributed by atoms with Crippen LogP contribution in [0, 0.1) is 6.92 Å². The van der Waals surface area contributed by atoms with E-state index in [1.807, 2.05) is 37.3 Å². The Morgan fingerprint density at radius 2 is 1.83 bits per heavy atom. The summed E-state index contributed by atoms with van der Waals surface area (Å²) in [5, 5.41) is 0.427. The van der Waals surface area contributed by atoms with Gasteiger partial charge in [-0.2, -0.15) is 0 Å².